The highest BCUT2D eigenvalue weighted by Gasteiger charge is 2.05. The van der Waals surface area contributed by atoms with Gasteiger partial charge in [-0.05, 0) is 12.5 Å². The van der Waals surface area contributed by atoms with E-state index in [1.54, 1.807) is 7.11 Å². The number of benzene rings is 1. The maximum Gasteiger partial charge on any atom is 0.162 e. The molecule has 2 nitrogen and oxygen atoms in total. The fourth-order valence-electron chi connectivity index (χ4n) is 1.28. The number of methoxy groups -OCH3 is 1. The molecule has 0 radical (unpaired) electrons. The SMILES string of the molecule is CCC(=O)c1ccc([C@H](C)OC)cc1. The summed E-state index contributed by atoms with van der Waals surface area (Å²) in [6.45, 7) is 3.85. The normalized spacial score (nSPS) is 12.5. The lowest BCUT2D eigenvalue weighted by Crippen LogP contribution is -1.99. The average molecular weight is 192 g/mol. The monoisotopic (exact) mass is 192 g/mol. The molecule has 2 heteroatoms. The Morgan fingerprint density at radius 2 is 1.93 bits per heavy atom. The minimum absolute atomic E-state index is 0.0841. The van der Waals surface area contributed by atoms with Crippen molar-refractivity contribution in [1.82, 2.24) is 0 Å². The first-order valence-corrected chi connectivity index (χ1v) is 4.85. The number of rotatable bonds is 4. The van der Waals surface area contributed by atoms with Gasteiger partial charge in [-0.1, -0.05) is 31.2 Å². The van der Waals surface area contributed by atoms with E-state index in [0.29, 0.717) is 6.42 Å². The average Bonchev–Trinajstić information content (AvgIpc) is 2.27. The third kappa shape index (κ3) is 2.42. The van der Waals surface area contributed by atoms with Crippen molar-refractivity contribution in [3.05, 3.63) is 35.4 Å². The van der Waals surface area contributed by atoms with Crippen molar-refractivity contribution in [1.29, 1.82) is 0 Å². The van der Waals surface area contributed by atoms with E-state index in [1.165, 1.54) is 0 Å². The second kappa shape index (κ2) is 4.91. The molecule has 0 saturated heterocycles. The Balaban J connectivity index is 2.83. The van der Waals surface area contributed by atoms with Crippen LogP contribution in [0.25, 0.3) is 0 Å². The Bertz CT molecular complexity index is 301. The molecule has 0 aliphatic heterocycles. The molecule has 0 amide bonds. The van der Waals surface area contributed by atoms with Crippen LogP contribution in [0, 0.1) is 0 Å². The maximum absolute atomic E-state index is 11.3. The van der Waals surface area contributed by atoms with Crippen LogP contribution in [-0.2, 0) is 4.74 Å². The predicted molar refractivity (Wildman–Crippen MR) is 56.5 cm³/mol. The number of ketones is 1. The lowest BCUT2D eigenvalue weighted by Gasteiger charge is -2.09. The summed E-state index contributed by atoms with van der Waals surface area (Å²) < 4.78 is 5.18. The first-order chi connectivity index (χ1) is 6.69. The molecule has 1 atom stereocenters. The first kappa shape index (κ1) is 10.9. The molecule has 1 aromatic rings. The van der Waals surface area contributed by atoms with Gasteiger partial charge in [-0.25, -0.2) is 0 Å². The van der Waals surface area contributed by atoms with Crippen LogP contribution in [0.3, 0.4) is 0 Å². The zero-order chi connectivity index (χ0) is 10.6. The van der Waals surface area contributed by atoms with Crippen LogP contribution in [0.4, 0.5) is 0 Å². The van der Waals surface area contributed by atoms with Crippen molar-refractivity contribution in [3.8, 4) is 0 Å². The molecule has 0 aromatic heterocycles. The summed E-state index contributed by atoms with van der Waals surface area (Å²) in [5.74, 6) is 0.182. The highest BCUT2D eigenvalue weighted by molar-refractivity contribution is 5.95. The number of hydrogen-bond donors (Lipinski definition) is 0. The van der Waals surface area contributed by atoms with Gasteiger partial charge in [0.2, 0.25) is 0 Å². The molecule has 0 aliphatic rings. The van der Waals surface area contributed by atoms with Gasteiger partial charge < -0.3 is 4.74 Å². The Morgan fingerprint density at radius 1 is 1.36 bits per heavy atom. The van der Waals surface area contributed by atoms with Crippen LogP contribution in [-0.4, -0.2) is 12.9 Å². The van der Waals surface area contributed by atoms with Gasteiger partial charge in [-0.3, -0.25) is 4.79 Å². The van der Waals surface area contributed by atoms with E-state index in [1.807, 2.05) is 38.1 Å². The molecular weight excluding hydrogens is 176 g/mol. The van der Waals surface area contributed by atoms with Gasteiger partial charge >= 0.3 is 0 Å². The first-order valence-electron chi connectivity index (χ1n) is 4.85. The van der Waals surface area contributed by atoms with E-state index in [0.717, 1.165) is 11.1 Å². The van der Waals surface area contributed by atoms with E-state index in [9.17, 15) is 4.79 Å². The van der Waals surface area contributed by atoms with Crippen LogP contribution in [0.15, 0.2) is 24.3 Å². The highest BCUT2D eigenvalue weighted by Crippen LogP contribution is 2.16. The molecule has 0 bridgehead atoms. The standard InChI is InChI=1S/C12H16O2/c1-4-12(13)11-7-5-10(6-8-11)9(2)14-3/h5-9H,4H2,1-3H3/t9-/m0/s1. The van der Waals surface area contributed by atoms with Crippen molar-refractivity contribution in [2.75, 3.05) is 7.11 Å². The molecular formula is C12H16O2. The van der Waals surface area contributed by atoms with Gasteiger partial charge in [0.25, 0.3) is 0 Å². The van der Waals surface area contributed by atoms with E-state index in [-0.39, 0.29) is 11.9 Å². The molecule has 0 spiro atoms. The van der Waals surface area contributed by atoms with Crippen molar-refractivity contribution >= 4 is 5.78 Å². The summed E-state index contributed by atoms with van der Waals surface area (Å²) in [5, 5.41) is 0. The Labute approximate surface area is 84.9 Å². The molecule has 76 valence electrons. The molecule has 0 heterocycles. The van der Waals surface area contributed by atoms with Crippen molar-refractivity contribution in [3.63, 3.8) is 0 Å². The maximum atomic E-state index is 11.3. The molecule has 0 saturated carbocycles. The fourth-order valence-corrected chi connectivity index (χ4v) is 1.28. The third-order valence-corrected chi connectivity index (χ3v) is 2.38. The second-order valence-electron chi connectivity index (χ2n) is 3.28. The highest BCUT2D eigenvalue weighted by atomic mass is 16.5. The number of ether oxygens (including phenoxy) is 1. The van der Waals surface area contributed by atoms with Gasteiger partial charge in [0.15, 0.2) is 5.78 Å². The van der Waals surface area contributed by atoms with Crippen LogP contribution in [0.2, 0.25) is 0 Å². The largest absolute Gasteiger partial charge is 0.377 e. The molecule has 14 heavy (non-hydrogen) atoms. The van der Waals surface area contributed by atoms with E-state index in [2.05, 4.69) is 0 Å². The summed E-state index contributed by atoms with van der Waals surface area (Å²) in [5.41, 5.74) is 1.87. The minimum atomic E-state index is 0.0841. The summed E-state index contributed by atoms with van der Waals surface area (Å²) in [6.07, 6.45) is 0.639. The summed E-state index contributed by atoms with van der Waals surface area (Å²) >= 11 is 0. The van der Waals surface area contributed by atoms with Gasteiger partial charge in [0.05, 0.1) is 6.10 Å². The topological polar surface area (TPSA) is 26.3 Å². The van der Waals surface area contributed by atoms with Crippen molar-refractivity contribution < 1.29 is 9.53 Å². The molecule has 1 aromatic carbocycles. The second-order valence-corrected chi connectivity index (χ2v) is 3.28. The van der Waals surface area contributed by atoms with Crippen LogP contribution in [0.5, 0.6) is 0 Å². The smallest absolute Gasteiger partial charge is 0.162 e. The fraction of sp³-hybridized carbons (Fsp3) is 0.417. The third-order valence-electron chi connectivity index (χ3n) is 2.38. The number of hydrogen-bond acceptors (Lipinski definition) is 2. The van der Waals surface area contributed by atoms with Crippen LogP contribution < -0.4 is 0 Å². The van der Waals surface area contributed by atoms with Crippen molar-refractivity contribution in [2.24, 2.45) is 0 Å². The zero-order valence-electron chi connectivity index (χ0n) is 8.91. The summed E-state index contributed by atoms with van der Waals surface area (Å²) in [6, 6.07) is 7.60. The van der Waals surface area contributed by atoms with Gasteiger partial charge in [0, 0.05) is 19.1 Å². The quantitative estimate of drug-likeness (QED) is 0.685. The minimum Gasteiger partial charge on any atom is -0.377 e. The predicted octanol–water partition coefficient (Wildman–Crippen LogP) is 2.99. The number of carbonyl (C=O) groups is 1. The molecule has 0 unspecified atom stereocenters. The van der Waals surface area contributed by atoms with Gasteiger partial charge in [0.1, 0.15) is 0 Å². The summed E-state index contributed by atoms with van der Waals surface area (Å²) in [7, 11) is 1.68. The molecule has 0 aliphatic carbocycles. The van der Waals surface area contributed by atoms with Gasteiger partial charge in [-0.2, -0.15) is 0 Å². The van der Waals surface area contributed by atoms with Gasteiger partial charge in [-0.15, -0.1) is 0 Å². The Kier molecular flexibility index (Phi) is 3.84. The lowest BCUT2D eigenvalue weighted by atomic mass is 10.0. The number of Topliss-reactive ketones (excluding diaryl/α,β-unsaturated/α-hetero) is 1. The summed E-state index contributed by atoms with van der Waals surface area (Å²) in [4.78, 5) is 11.3. The van der Waals surface area contributed by atoms with E-state index in [4.69, 9.17) is 4.74 Å². The molecule has 1 rings (SSSR count). The zero-order valence-corrected chi connectivity index (χ0v) is 8.91. The van der Waals surface area contributed by atoms with E-state index >= 15 is 0 Å². The Morgan fingerprint density at radius 3 is 2.36 bits per heavy atom. The molecule has 0 N–H and O–H groups in total. The Hall–Kier alpha value is -1.15. The number of carbonyl (C=O) groups excluding carboxylic acids is 1. The van der Waals surface area contributed by atoms with Crippen molar-refractivity contribution in [2.45, 2.75) is 26.4 Å². The molecule has 0 fully saturated rings. The van der Waals surface area contributed by atoms with E-state index < -0.39 is 0 Å². The lowest BCUT2D eigenvalue weighted by molar-refractivity contribution is 0.0987. The van der Waals surface area contributed by atoms with Crippen LogP contribution in [0.1, 0.15) is 42.3 Å². The van der Waals surface area contributed by atoms with Crippen LogP contribution >= 0.6 is 0 Å².